The van der Waals surface area contributed by atoms with Gasteiger partial charge >= 0.3 is 6.18 Å². The van der Waals surface area contributed by atoms with Gasteiger partial charge in [-0.05, 0) is 42.5 Å². The zero-order chi connectivity index (χ0) is 17.5. The fourth-order valence-electron chi connectivity index (χ4n) is 2.20. The van der Waals surface area contributed by atoms with Crippen LogP contribution in [-0.2, 0) is 6.18 Å². The van der Waals surface area contributed by atoms with Crippen molar-refractivity contribution in [3.8, 4) is 22.8 Å². The van der Waals surface area contributed by atoms with Crippen molar-refractivity contribution < 1.29 is 18.3 Å². The number of halogens is 4. The summed E-state index contributed by atoms with van der Waals surface area (Å²) in [6, 6.07) is 8.85. The molecule has 0 atom stereocenters. The van der Waals surface area contributed by atoms with Crippen molar-refractivity contribution in [3.63, 3.8) is 0 Å². The Balaban J connectivity index is 2.15. The van der Waals surface area contributed by atoms with Gasteiger partial charge in [-0.2, -0.15) is 18.3 Å². The third-order valence-electron chi connectivity index (χ3n) is 3.32. The molecule has 0 saturated carbocycles. The largest absolute Gasteiger partial charge is 0.506 e. The molecule has 0 aliphatic rings. The molecule has 24 heavy (non-hydrogen) atoms. The van der Waals surface area contributed by atoms with Gasteiger partial charge in [-0.3, -0.25) is 9.67 Å². The van der Waals surface area contributed by atoms with Crippen LogP contribution in [0.3, 0.4) is 0 Å². The van der Waals surface area contributed by atoms with Crippen molar-refractivity contribution in [2.75, 3.05) is 0 Å². The van der Waals surface area contributed by atoms with Gasteiger partial charge < -0.3 is 5.11 Å². The minimum Gasteiger partial charge on any atom is -0.506 e. The first kappa shape index (κ1) is 16.5. The number of alkyl halides is 3. The first-order valence-corrected chi connectivity index (χ1v) is 7.40. The zero-order valence-electron chi connectivity index (χ0n) is 11.8. The number of aromatic hydroxyl groups is 1. The minimum absolute atomic E-state index is 0.0925. The summed E-state index contributed by atoms with van der Waals surface area (Å²) >= 11 is 11.1. The van der Waals surface area contributed by atoms with Crippen LogP contribution in [0.5, 0.6) is 5.75 Å². The van der Waals surface area contributed by atoms with Crippen LogP contribution in [0.2, 0.25) is 5.02 Å². The molecule has 124 valence electrons. The number of rotatable bonds is 2. The molecule has 0 spiro atoms. The van der Waals surface area contributed by atoms with E-state index in [-0.39, 0.29) is 22.0 Å². The number of aromatic amines is 1. The van der Waals surface area contributed by atoms with Crippen molar-refractivity contribution in [2.45, 2.75) is 6.18 Å². The topological polar surface area (TPSA) is 53.8 Å². The Kier molecular flexibility index (Phi) is 4.10. The number of phenols is 1. The molecule has 4 nitrogen and oxygen atoms in total. The molecule has 0 fully saturated rings. The number of aromatic nitrogens is 3. The molecule has 2 aromatic carbocycles. The summed E-state index contributed by atoms with van der Waals surface area (Å²) in [5.74, 6) is 0.163. The number of H-pyrrole nitrogens is 1. The van der Waals surface area contributed by atoms with Crippen molar-refractivity contribution in [3.05, 3.63) is 57.8 Å². The average Bonchev–Trinajstić information content (AvgIpc) is 2.90. The van der Waals surface area contributed by atoms with Crippen LogP contribution in [-0.4, -0.2) is 19.9 Å². The summed E-state index contributed by atoms with van der Waals surface area (Å²) < 4.78 is 39.6. The van der Waals surface area contributed by atoms with Gasteiger partial charge in [-0.15, -0.1) is 0 Å². The molecule has 3 rings (SSSR count). The molecule has 0 aliphatic carbocycles. The van der Waals surface area contributed by atoms with Gasteiger partial charge in [0, 0.05) is 10.6 Å². The number of hydrogen-bond donors (Lipinski definition) is 2. The Bertz CT molecular complexity index is 948. The van der Waals surface area contributed by atoms with Gasteiger partial charge in [-0.1, -0.05) is 23.7 Å². The summed E-state index contributed by atoms with van der Waals surface area (Å²) in [7, 11) is 0. The number of nitrogens with one attached hydrogen (secondary N) is 1. The molecule has 0 radical (unpaired) electrons. The van der Waals surface area contributed by atoms with Gasteiger partial charge in [0.05, 0.1) is 11.3 Å². The Hall–Kier alpha value is -2.32. The molecule has 0 amide bonds. The Morgan fingerprint density at radius 1 is 1.12 bits per heavy atom. The van der Waals surface area contributed by atoms with E-state index in [1.807, 2.05) is 0 Å². The fourth-order valence-corrected chi connectivity index (χ4v) is 2.59. The molecule has 1 heterocycles. The molecule has 0 saturated heterocycles. The lowest BCUT2D eigenvalue weighted by atomic mass is 10.1. The summed E-state index contributed by atoms with van der Waals surface area (Å²) in [6.07, 6.45) is -4.42. The first-order chi connectivity index (χ1) is 11.3. The van der Waals surface area contributed by atoms with E-state index in [1.54, 1.807) is 0 Å². The van der Waals surface area contributed by atoms with Crippen LogP contribution in [0.1, 0.15) is 5.56 Å². The second kappa shape index (κ2) is 5.95. The maximum atomic E-state index is 12.7. The van der Waals surface area contributed by atoms with Crippen molar-refractivity contribution in [1.29, 1.82) is 0 Å². The van der Waals surface area contributed by atoms with E-state index in [0.29, 0.717) is 10.6 Å². The van der Waals surface area contributed by atoms with E-state index in [0.717, 1.165) is 12.1 Å². The van der Waals surface area contributed by atoms with Gasteiger partial charge in [0.25, 0.3) is 0 Å². The Labute approximate surface area is 144 Å². The standard InChI is InChI=1S/C15H9ClF3N3OS/c16-10-5-6-12(23)11(7-10)22-13(20-21-14(22)24)8-1-3-9(4-2-8)15(17,18)19/h1-7,23H,(H,21,24). The van der Waals surface area contributed by atoms with Crippen LogP contribution in [0.4, 0.5) is 13.2 Å². The van der Waals surface area contributed by atoms with Gasteiger partial charge in [0.15, 0.2) is 10.6 Å². The van der Waals surface area contributed by atoms with Gasteiger partial charge in [0.1, 0.15) is 5.75 Å². The van der Waals surface area contributed by atoms with E-state index >= 15 is 0 Å². The lowest BCUT2D eigenvalue weighted by Crippen LogP contribution is -2.04. The number of benzene rings is 2. The summed E-state index contributed by atoms with van der Waals surface area (Å²) in [5.41, 5.74) is -0.0941. The van der Waals surface area contributed by atoms with Crippen molar-refractivity contribution in [2.24, 2.45) is 0 Å². The lowest BCUT2D eigenvalue weighted by molar-refractivity contribution is -0.137. The fraction of sp³-hybridized carbons (Fsp3) is 0.0667. The van der Waals surface area contributed by atoms with Crippen molar-refractivity contribution in [1.82, 2.24) is 14.8 Å². The van der Waals surface area contributed by atoms with Crippen LogP contribution < -0.4 is 0 Å². The summed E-state index contributed by atoms with van der Waals surface area (Å²) in [6.45, 7) is 0. The summed E-state index contributed by atoms with van der Waals surface area (Å²) in [5, 5.41) is 17.0. The third-order valence-corrected chi connectivity index (χ3v) is 3.83. The molecular weight excluding hydrogens is 363 g/mol. The number of phenolic OH excluding ortho intramolecular Hbond substituents is 1. The van der Waals surface area contributed by atoms with E-state index < -0.39 is 11.7 Å². The van der Waals surface area contributed by atoms with E-state index in [2.05, 4.69) is 10.2 Å². The van der Waals surface area contributed by atoms with Crippen LogP contribution in [0, 0.1) is 4.77 Å². The molecule has 0 aliphatic heterocycles. The maximum absolute atomic E-state index is 12.7. The highest BCUT2D eigenvalue weighted by molar-refractivity contribution is 7.71. The maximum Gasteiger partial charge on any atom is 0.416 e. The van der Waals surface area contributed by atoms with Gasteiger partial charge in [-0.25, -0.2) is 0 Å². The molecule has 0 unspecified atom stereocenters. The number of nitrogens with zero attached hydrogens (tertiary/aromatic N) is 2. The predicted octanol–water partition coefficient (Wildman–Crippen LogP) is 4.97. The highest BCUT2D eigenvalue weighted by Crippen LogP contribution is 2.32. The smallest absolute Gasteiger partial charge is 0.416 e. The molecule has 9 heteroatoms. The second-order valence-electron chi connectivity index (χ2n) is 4.90. The molecule has 2 N–H and O–H groups in total. The predicted molar refractivity (Wildman–Crippen MR) is 85.9 cm³/mol. The van der Waals surface area contributed by atoms with Crippen LogP contribution in [0.25, 0.3) is 17.1 Å². The second-order valence-corrected chi connectivity index (χ2v) is 5.72. The quantitative estimate of drug-likeness (QED) is 0.625. The van der Waals surface area contributed by atoms with E-state index in [9.17, 15) is 18.3 Å². The van der Waals surface area contributed by atoms with Gasteiger partial charge in [0.2, 0.25) is 0 Å². The highest BCUT2D eigenvalue weighted by atomic mass is 35.5. The third kappa shape index (κ3) is 3.02. The molecular formula is C15H9ClF3N3OS. The minimum atomic E-state index is -4.42. The average molecular weight is 372 g/mol. The van der Waals surface area contributed by atoms with Crippen molar-refractivity contribution >= 4 is 23.8 Å². The van der Waals surface area contributed by atoms with Crippen LogP contribution >= 0.6 is 23.8 Å². The number of hydrogen-bond acceptors (Lipinski definition) is 3. The van der Waals surface area contributed by atoms with E-state index in [1.165, 1.54) is 34.9 Å². The highest BCUT2D eigenvalue weighted by Gasteiger charge is 2.30. The zero-order valence-corrected chi connectivity index (χ0v) is 13.4. The molecule has 1 aromatic heterocycles. The Morgan fingerprint density at radius 3 is 2.42 bits per heavy atom. The van der Waals surface area contributed by atoms with Crippen LogP contribution in [0.15, 0.2) is 42.5 Å². The molecule has 3 aromatic rings. The Morgan fingerprint density at radius 2 is 1.79 bits per heavy atom. The monoisotopic (exact) mass is 371 g/mol. The van der Waals surface area contributed by atoms with E-state index in [4.69, 9.17) is 23.8 Å². The normalized spacial score (nSPS) is 11.7. The SMILES string of the molecule is Oc1ccc(Cl)cc1-n1c(-c2ccc(C(F)(F)F)cc2)n[nH]c1=S. The molecule has 0 bridgehead atoms. The summed E-state index contributed by atoms with van der Waals surface area (Å²) in [4.78, 5) is 0. The lowest BCUT2D eigenvalue weighted by Gasteiger charge is -2.10. The first-order valence-electron chi connectivity index (χ1n) is 6.61.